The van der Waals surface area contributed by atoms with Crippen LogP contribution in [0.5, 0.6) is 0 Å². The molecule has 0 bridgehead atoms. The van der Waals surface area contributed by atoms with E-state index in [4.69, 9.17) is 0 Å². The Hall–Kier alpha value is -7.62. The summed E-state index contributed by atoms with van der Waals surface area (Å²) in [5.41, 5.74) is 17.6. The summed E-state index contributed by atoms with van der Waals surface area (Å²) >= 11 is 0. The molecule has 0 N–H and O–H groups in total. The molecule has 1 spiro atoms. The van der Waals surface area contributed by atoms with Crippen LogP contribution in [0.3, 0.4) is 0 Å². The van der Waals surface area contributed by atoms with Gasteiger partial charge in [0.05, 0.1) is 27.8 Å². The number of aromatic nitrogens is 1. The zero-order valence-corrected chi connectivity index (χ0v) is 31.7. The Bertz CT molecular complexity index is 3080. The maximum absolute atomic E-state index is 2.47. The standard InChI is InChI=1S/C55H37N3/c1-3-17-38(18-4-1)56(40-31-33-41(34-32-40)57-51-27-13-8-22-45(51)46-23-9-14-28-52(46)57)42-35-36-44-43-21-7-10-24-47(43)55(50(44)37-42)48-25-11-15-29-53(48)58(39-19-5-2-6-20-39)54-30-16-12-26-49(54)55/h1-37H. The summed E-state index contributed by atoms with van der Waals surface area (Å²) in [7, 11) is 0. The summed E-state index contributed by atoms with van der Waals surface area (Å²) < 4.78 is 2.38. The maximum atomic E-state index is 2.47. The van der Waals surface area contributed by atoms with Crippen LogP contribution in [0.15, 0.2) is 224 Å². The zero-order chi connectivity index (χ0) is 38.2. The van der Waals surface area contributed by atoms with Crippen LogP contribution >= 0.6 is 0 Å². The minimum Gasteiger partial charge on any atom is -0.310 e. The van der Waals surface area contributed by atoms with Crippen LogP contribution in [0, 0.1) is 0 Å². The van der Waals surface area contributed by atoms with Gasteiger partial charge in [-0.2, -0.15) is 0 Å². The second-order valence-electron chi connectivity index (χ2n) is 15.3. The number of benzene rings is 9. The number of para-hydroxylation sites is 6. The van der Waals surface area contributed by atoms with Gasteiger partial charge in [0.2, 0.25) is 0 Å². The van der Waals surface area contributed by atoms with E-state index in [2.05, 4.69) is 239 Å². The Labute approximate surface area is 337 Å². The number of nitrogens with zero attached hydrogens (tertiary/aromatic N) is 3. The second kappa shape index (κ2) is 12.7. The first-order valence-corrected chi connectivity index (χ1v) is 20.0. The molecule has 0 fully saturated rings. The van der Waals surface area contributed by atoms with Gasteiger partial charge in [-0.3, -0.25) is 0 Å². The maximum Gasteiger partial charge on any atom is 0.0755 e. The molecular formula is C55H37N3. The first kappa shape index (κ1) is 32.6. The van der Waals surface area contributed by atoms with E-state index in [0.717, 1.165) is 28.4 Å². The third kappa shape index (κ3) is 4.56. The number of fused-ring (bicyclic) bond motifs is 12. The molecule has 0 saturated heterocycles. The van der Waals surface area contributed by atoms with Crippen LogP contribution in [0.1, 0.15) is 22.3 Å². The summed E-state index contributed by atoms with van der Waals surface area (Å²) in [5, 5.41) is 2.53. The topological polar surface area (TPSA) is 11.4 Å². The molecule has 2 aliphatic rings. The van der Waals surface area contributed by atoms with Gasteiger partial charge in [0, 0.05) is 39.2 Å². The minimum atomic E-state index is -0.539. The third-order valence-electron chi connectivity index (χ3n) is 12.4. The van der Waals surface area contributed by atoms with Crippen molar-refractivity contribution in [2.45, 2.75) is 5.41 Å². The van der Waals surface area contributed by atoms with Gasteiger partial charge >= 0.3 is 0 Å². The predicted octanol–water partition coefficient (Wildman–Crippen LogP) is 14.4. The summed E-state index contributed by atoms with van der Waals surface area (Å²) in [6.45, 7) is 0. The number of hydrogen-bond acceptors (Lipinski definition) is 2. The van der Waals surface area contributed by atoms with Gasteiger partial charge in [-0.15, -0.1) is 0 Å². The second-order valence-corrected chi connectivity index (χ2v) is 15.3. The van der Waals surface area contributed by atoms with Crippen LogP contribution in [-0.2, 0) is 5.41 Å². The van der Waals surface area contributed by atoms with E-state index in [1.54, 1.807) is 0 Å². The lowest BCUT2D eigenvalue weighted by Gasteiger charge is -2.45. The van der Waals surface area contributed by atoms with Gasteiger partial charge in [-0.25, -0.2) is 0 Å². The molecule has 1 aliphatic heterocycles. The van der Waals surface area contributed by atoms with E-state index in [1.165, 1.54) is 66.6 Å². The molecule has 272 valence electrons. The molecule has 1 aliphatic carbocycles. The van der Waals surface area contributed by atoms with E-state index in [9.17, 15) is 0 Å². The van der Waals surface area contributed by atoms with Gasteiger partial charge < -0.3 is 14.4 Å². The van der Waals surface area contributed by atoms with Crippen molar-refractivity contribution in [3.8, 4) is 16.8 Å². The van der Waals surface area contributed by atoms with Crippen molar-refractivity contribution in [1.29, 1.82) is 0 Å². The highest BCUT2D eigenvalue weighted by Crippen LogP contribution is 2.63. The van der Waals surface area contributed by atoms with Crippen molar-refractivity contribution < 1.29 is 0 Å². The molecule has 0 unspecified atom stereocenters. The lowest BCUT2D eigenvalue weighted by atomic mass is 9.64. The van der Waals surface area contributed by atoms with Gasteiger partial charge in [-0.05, 0) is 118 Å². The van der Waals surface area contributed by atoms with Crippen molar-refractivity contribution in [1.82, 2.24) is 4.57 Å². The lowest BCUT2D eigenvalue weighted by molar-refractivity contribution is 0.752. The Kier molecular flexibility index (Phi) is 7.14. The summed E-state index contributed by atoms with van der Waals surface area (Å²) in [5.74, 6) is 0. The van der Waals surface area contributed by atoms with Crippen LogP contribution < -0.4 is 9.80 Å². The van der Waals surface area contributed by atoms with E-state index in [0.29, 0.717) is 0 Å². The average Bonchev–Trinajstić information content (AvgIpc) is 3.78. The molecule has 12 rings (SSSR count). The van der Waals surface area contributed by atoms with E-state index < -0.39 is 5.41 Å². The fourth-order valence-corrected chi connectivity index (χ4v) is 10.1. The fourth-order valence-electron chi connectivity index (χ4n) is 10.1. The molecule has 0 radical (unpaired) electrons. The summed E-state index contributed by atoms with van der Waals surface area (Å²) in [6.07, 6.45) is 0. The van der Waals surface area contributed by atoms with Gasteiger partial charge in [0.1, 0.15) is 0 Å². The van der Waals surface area contributed by atoms with E-state index >= 15 is 0 Å². The SMILES string of the molecule is c1ccc(N(c2ccc(-n3c4ccccc4c4ccccc43)cc2)c2ccc3c(c2)C2(c4ccccc4-3)c3ccccc3N(c3ccccc3)c3ccccc32)cc1. The highest BCUT2D eigenvalue weighted by atomic mass is 15.2. The molecular weight excluding hydrogens is 703 g/mol. The largest absolute Gasteiger partial charge is 0.310 e. The Morgan fingerprint density at radius 1 is 0.328 bits per heavy atom. The number of anilines is 6. The van der Waals surface area contributed by atoms with Crippen molar-refractivity contribution in [3.05, 3.63) is 247 Å². The first-order chi connectivity index (χ1) is 28.8. The molecule has 0 atom stereocenters. The Morgan fingerprint density at radius 2 is 0.810 bits per heavy atom. The molecule has 58 heavy (non-hydrogen) atoms. The average molecular weight is 740 g/mol. The Balaban J connectivity index is 1.07. The van der Waals surface area contributed by atoms with Crippen molar-refractivity contribution in [2.75, 3.05) is 9.80 Å². The van der Waals surface area contributed by atoms with E-state index in [1.807, 2.05) is 0 Å². The third-order valence-corrected chi connectivity index (χ3v) is 12.4. The zero-order valence-electron chi connectivity index (χ0n) is 31.7. The summed E-state index contributed by atoms with van der Waals surface area (Å²) in [4.78, 5) is 4.85. The normalized spacial score (nSPS) is 13.3. The highest BCUT2D eigenvalue weighted by molar-refractivity contribution is 6.09. The molecule has 0 saturated carbocycles. The van der Waals surface area contributed by atoms with Gasteiger partial charge in [-0.1, -0.05) is 140 Å². The number of rotatable bonds is 5. The first-order valence-electron chi connectivity index (χ1n) is 20.0. The van der Waals surface area contributed by atoms with Crippen LogP contribution in [0.4, 0.5) is 34.1 Å². The molecule has 10 aromatic rings. The highest BCUT2D eigenvalue weighted by Gasteiger charge is 2.51. The van der Waals surface area contributed by atoms with Crippen LogP contribution in [0.25, 0.3) is 38.6 Å². The molecule has 3 heteroatoms. The fraction of sp³-hybridized carbons (Fsp3) is 0.0182. The quantitative estimate of drug-likeness (QED) is 0.174. The molecule has 1 aromatic heterocycles. The van der Waals surface area contributed by atoms with Gasteiger partial charge in [0.15, 0.2) is 0 Å². The van der Waals surface area contributed by atoms with Crippen LogP contribution in [-0.4, -0.2) is 4.57 Å². The van der Waals surface area contributed by atoms with Gasteiger partial charge in [0.25, 0.3) is 0 Å². The molecule has 3 nitrogen and oxygen atoms in total. The van der Waals surface area contributed by atoms with Crippen LogP contribution in [0.2, 0.25) is 0 Å². The molecule has 0 amide bonds. The smallest absolute Gasteiger partial charge is 0.0755 e. The molecule has 2 heterocycles. The Morgan fingerprint density at radius 3 is 1.47 bits per heavy atom. The van der Waals surface area contributed by atoms with Crippen molar-refractivity contribution >= 4 is 55.9 Å². The van der Waals surface area contributed by atoms with Crippen molar-refractivity contribution in [3.63, 3.8) is 0 Å². The lowest BCUT2D eigenvalue weighted by Crippen LogP contribution is -2.36. The number of hydrogen-bond donors (Lipinski definition) is 0. The van der Waals surface area contributed by atoms with E-state index in [-0.39, 0.29) is 0 Å². The minimum absolute atomic E-state index is 0.539. The summed E-state index contributed by atoms with van der Waals surface area (Å²) in [6, 6.07) is 82.2. The van der Waals surface area contributed by atoms with Crippen molar-refractivity contribution in [2.24, 2.45) is 0 Å². The molecule has 9 aromatic carbocycles. The monoisotopic (exact) mass is 739 g/mol. The predicted molar refractivity (Wildman–Crippen MR) is 241 cm³/mol.